The van der Waals surface area contributed by atoms with Gasteiger partial charge in [0.2, 0.25) is 0 Å². The Hall–Kier alpha value is -5.11. The summed E-state index contributed by atoms with van der Waals surface area (Å²) in [4.78, 5) is 8.40. The zero-order chi connectivity index (χ0) is 45.1. The van der Waals surface area contributed by atoms with Gasteiger partial charge in [-0.15, -0.1) is 0 Å². The van der Waals surface area contributed by atoms with Crippen LogP contribution in [-0.2, 0) is 21.7 Å². The van der Waals surface area contributed by atoms with E-state index in [0.717, 1.165) is 27.8 Å². The van der Waals surface area contributed by atoms with E-state index in [9.17, 15) is 26.3 Å². The number of hydrogen-bond acceptors (Lipinski definition) is 1. The van der Waals surface area contributed by atoms with E-state index in [-0.39, 0.29) is 38.6 Å². The minimum atomic E-state index is -5.59. The minimum absolute atomic E-state index is 0.0564. The first-order valence-corrected chi connectivity index (χ1v) is 20.9. The van der Waals surface area contributed by atoms with Gasteiger partial charge in [-0.05, 0) is 79.2 Å². The zero-order valence-corrected chi connectivity index (χ0v) is 37.4. The maximum atomic E-state index is 14.8. The second-order valence-corrected chi connectivity index (χ2v) is 20.5. The molecule has 6 rings (SSSR count). The summed E-state index contributed by atoms with van der Waals surface area (Å²) in [5, 5.41) is 0. The Kier molecular flexibility index (Phi) is 11.9. The summed E-state index contributed by atoms with van der Waals surface area (Å²) in [5.41, 5.74) is 8.18. The lowest BCUT2D eigenvalue weighted by Crippen LogP contribution is -2.36. The molecule has 0 saturated carbocycles. The molecule has 1 N–H and O–H groups in total. The highest BCUT2D eigenvalue weighted by Gasteiger charge is 2.57. The topological polar surface area (TPSA) is 28.1 Å². The molecule has 8 heteroatoms. The second-order valence-electron chi connectivity index (χ2n) is 20.5. The van der Waals surface area contributed by atoms with Gasteiger partial charge in [0.15, 0.2) is 5.92 Å². The summed E-state index contributed by atoms with van der Waals surface area (Å²) in [5.74, 6) is -3.66. The molecule has 1 aromatic heterocycles. The number of rotatable bonds is 7. The Morgan fingerprint density at radius 1 is 0.492 bits per heavy atom. The zero-order valence-electron chi connectivity index (χ0n) is 37.4. The van der Waals surface area contributed by atoms with E-state index in [1.165, 1.54) is 0 Å². The molecule has 0 amide bonds. The fraction of sp³-hybridized carbons (Fsp3) is 0.377. The third-order valence-electron chi connectivity index (χ3n) is 11.6. The van der Waals surface area contributed by atoms with Crippen LogP contribution in [0.25, 0.3) is 33.5 Å². The molecule has 0 radical (unpaired) electrons. The number of nitrogens with zero attached hydrogens (tertiary/aromatic N) is 1. The largest absolute Gasteiger partial charge is 0.400 e. The van der Waals surface area contributed by atoms with E-state index >= 15 is 0 Å². The van der Waals surface area contributed by atoms with E-state index in [0.29, 0.717) is 39.2 Å². The number of alkyl halides is 6. The van der Waals surface area contributed by atoms with E-state index in [4.69, 9.17) is 4.99 Å². The van der Waals surface area contributed by atoms with E-state index in [2.05, 4.69) is 88.1 Å². The Labute approximate surface area is 357 Å². The van der Waals surface area contributed by atoms with E-state index in [1.54, 1.807) is 6.08 Å². The van der Waals surface area contributed by atoms with Crippen molar-refractivity contribution < 1.29 is 26.3 Å². The number of nitrogens with one attached hydrogen (secondary N) is 1. The fourth-order valence-corrected chi connectivity index (χ4v) is 7.62. The van der Waals surface area contributed by atoms with Crippen LogP contribution in [0, 0.1) is 5.92 Å². The molecule has 2 nitrogen and oxygen atoms in total. The van der Waals surface area contributed by atoms with Gasteiger partial charge in [0, 0.05) is 28.0 Å². The van der Waals surface area contributed by atoms with Crippen LogP contribution in [0.1, 0.15) is 129 Å². The van der Waals surface area contributed by atoms with Gasteiger partial charge in [0.25, 0.3) is 0 Å². The SMILES string of the molecule is CC(C)(C)c1ccc(C2=CC(c3ccc(C(C)(C)C)cc3)=N/C2=C(/CC(C(F)(F)F)C(F)(F)F)c2[nH]c(-c3ccc(C(C)(C)C)cc3)cc2-c2ccc(C(C)(C)C)cc2)cc1. The number of aromatic nitrogens is 1. The lowest BCUT2D eigenvalue weighted by Gasteiger charge is -2.25. The van der Waals surface area contributed by atoms with Gasteiger partial charge >= 0.3 is 12.4 Å². The third kappa shape index (κ3) is 10.2. The van der Waals surface area contributed by atoms with Crippen molar-refractivity contribution in [1.29, 1.82) is 0 Å². The summed E-state index contributed by atoms with van der Waals surface area (Å²) >= 11 is 0. The second kappa shape index (κ2) is 16.0. The summed E-state index contributed by atoms with van der Waals surface area (Å²) in [6, 6.07) is 32.8. The molecule has 1 aliphatic heterocycles. The highest BCUT2D eigenvalue weighted by molar-refractivity contribution is 6.19. The van der Waals surface area contributed by atoms with Gasteiger partial charge in [-0.3, -0.25) is 0 Å². The average Bonchev–Trinajstić information content (AvgIpc) is 3.79. The fourth-order valence-electron chi connectivity index (χ4n) is 7.62. The van der Waals surface area contributed by atoms with Crippen LogP contribution in [0.2, 0.25) is 0 Å². The Bertz CT molecular complexity index is 2430. The highest BCUT2D eigenvalue weighted by Crippen LogP contribution is 2.49. The van der Waals surface area contributed by atoms with Crippen LogP contribution >= 0.6 is 0 Å². The molecule has 5 aromatic rings. The number of hydrogen-bond donors (Lipinski definition) is 1. The van der Waals surface area contributed by atoms with Crippen molar-refractivity contribution >= 4 is 16.9 Å². The summed E-state index contributed by atoms with van der Waals surface area (Å²) < 4.78 is 88.9. The van der Waals surface area contributed by atoms with Gasteiger partial charge in [-0.25, -0.2) is 4.99 Å². The molecule has 61 heavy (non-hydrogen) atoms. The molecule has 0 fully saturated rings. The minimum Gasteiger partial charge on any atom is -0.354 e. The molecule has 1 aliphatic rings. The smallest absolute Gasteiger partial charge is 0.354 e. The third-order valence-corrected chi connectivity index (χ3v) is 11.6. The summed E-state index contributed by atoms with van der Waals surface area (Å²) in [6.45, 7) is 25.0. The first kappa shape index (κ1) is 45.4. The summed E-state index contributed by atoms with van der Waals surface area (Å²) in [7, 11) is 0. The molecule has 0 spiro atoms. The van der Waals surface area contributed by atoms with Crippen LogP contribution in [-0.4, -0.2) is 23.0 Å². The molecular weight excluding hydrogens is 779 g/mol. The predicted octanol–water partition coefficient (Wildman–Crippen LogP) is 16.0. The number of H-pyrrole nitrogens is 1. The Morgan fingerprint density at radius 3 is 1.23 bits per heavy atom. The first-order valence-electron chi connectivity index (χ1n) is 20.9. The van der Waals surface area contributed by atoms with Gasteiger partial charge in [0.05, 0.1) is 17.1 Å². The number of aliphatic imine (C=N–C) groups is 1. The molecule has 322 valence electrons. The van der Waals surface area contributed by atoms with E-state index in [1.807, 2.05) is 103 Å². The molecule has 0 atom stereocenters. The van der Waals surface area contributed by atoms with Gasteiger partial charge in [-0.2, -0.15) is 26.3 Å². The highest BCUT2D eigenvalue weighted by atomic mass is 19.4. The quantitative estimate of drug-likeness (QED) is 0.158. The Balaban J connectivity index is 1.70. The maximum Gasteiger partial charge on any atom is 0.400 e. The van der Waals surface area contributed by atoms with Gasteiger partial charge < -0.3 is 4.98 Å². The van der Waals surface area contributed by atoms with Crippen molar-refractivity contribution in [3.05, 3.63) is 154 Å². The van der Waals surface area contributed by atoms with Crippen molar-refractivity contribution in [3.8, 4) is 22.4 Å². The molecule has 0 aliphatic carbocycles. The number of halogens is 6. The molecule has 0 bridgehead atoms. The molecule has 4 aromatic carbocycles. The lowest BCUT2D eigenvalue weighted by molar-refractivity contribution is -0.282. The standard InChI is InChI=1S/C53H58F6N2/c1-48(2,3)36-21-13-32(14-22-36)40-29-43(34-17-25-38(26-18-34)50(7,8)9)60-46(40)42(31-45(52(54,55)56)53(57,58)59)47-41(33-15-23-37(24-16-33)49(4,5)6)30-44(61-47)35-19-27-39(28-20-35)51(10,11)12/h13-30,45,60H,31H2,1-12H3/b47-42-. The lowest BCUT2D eigenvalue weighted by atomic mass is 9.84. The van der Waals surface area contributed by atoms with Crippen molar-refractivity contribution in [3.63, 3.8) is 0 Å². The van der Waals surface area contributed by atoms with Crippen molar-refractivity contribution in [2.24, 2.45) is 10.9 Å². The molecule has 2 heterocycles. The molecule has 0 saturated heterocycles. The molecular formula is C53H58F6N2. The average molecular weight is 837 g/mol. The predicted molar refractivity (Wildman–Crippen MR) is 241 cm³/mol. The number of benzene rings is 4. The van der Waals surface area contributed by atoms with Crippen LogP contribution in [0.4, 0.5) is 26.3 Å². The van der Waals surface area contributed by atoms with Crippen LogP contribution in [0.5, 0.6) is 0 Å². The van der Waals surface area contributed by atoms with Crippen molar-refractivity contribution in [2.75, 3.05) is 0 Å². The van der Waals surface area contributed by atoms with Gasteiger partial charge in [0.1, 0.15) is 0 Å². The maximum absolute atomic E-state index is 14.8. The normalized spacial score (nSPS) is 15.3. The van der Waals surface area contributed by atoms with Crippen molar-refractivity contribution in [1.82, 2.24) is 4.98 Å². The van der Waals surface area contributed by atoms with Crippen molar-refractivity contribution in [2.45, 2.75) is 124 Å². The van der Waals surface area contributed by atoms with Crippen LogP contribution < -0.4 is 0 Å². The first-order chi connectivity index (χ1) is 28.0. The Morgan fingerprint density at radius 2 is 0.852 bits per heavy atom. The number of aromatic amines is 1. The molecule has 0 unspecified atom stereocenters. The number of allylic oxidation sites excluding steroid dienone is 3. The van der Waals surface area contributed by atoms with Crippen LogP contribution in [0.15, 0.2) is 120 Å². The monoisotopic (exact) mass is 836 g/mol. The van der Waals surface area contributed by atoms with E-state index < -0.39 is 24.7 Å². The van der Waals surface area contributed by atoms with Crippen LogP contribution in [0.3, 0.4) is 0 Å². The van der Waals surface area contributed by atoms with Gasteiger partial charge in [-0.1, -0.05) is 180 Å². The summed E-state index contributed by atoms with van der Waals surface area (Å²) in [6.07, 6.45) is -10.8.